The molecule has 110 valence electrons. The third kappa shape index (κ3) is 3.55. The Morgan fingerprint density at radius 3 is 3.00 bits per heavy atom. The Labute approximate surface area is 115 Å². The van der Waals surface area contributed by atoms with Crippen LogP contribution in [0.1, 0.15) is 29.1 Å². The molecule has 2 atom stereocenters. The Hall–Kier alpha value is -1.93. The summed E-state index contributed by atoms with van der Waals surface area (Å²) in [5.74, 6) is -0.904. The number of nitrogens with one attached hydrogen (secondary N) is 1. The number of carbonyl (C=O) groups excluding carboxylic acids is 1. The second kappa shape index (κ2) is 6.49. The molecule has 0 saturated carbocycles. The molecule has 1 amide bonds. The van der Waals surface area contributed by atoms with Crippen molar-refractivity contribution >= 4 is 11.9 Å². The first-order valence-corrected chi connectivity index (χ1v) is 6.21. The maximum Gasteiger partial charge on any atom is 0.332 e. The maximum atomic E-state index is 11.8. The van der Waals surface area contributed by atoms with Gasteiger partial charge in [-0.05, 0) is 12.8 Å². The van der Waals surface area contributed by atoms with Gasteiger partial charge in [-0.1, -0.05) is 5.16 Å². The van der Waals surface area contributed by atoms with E-state index in [1.165, 1.54) is 13.2 Å². The molecule has 1 aliphatic heterocycles. The lowest BCUT2D eigenvalue weighted by Gasteiger charge is -2.11. The van der Waals surface area contributed by atoms with Crippen molar-refractivity contribution in [2.45, 2.75) is 31.7 Å². The van der Waals surface area contributed by atoms with E-state index >= 15 is 0 Å². The molecular weight excluding hydrogens is 268 g/mol. The van der Waals surface area contributed by atoms with Crippen molar-refractivity contribution in [3.8, 4) is 0 Å². The van der Waals surface area contributed by atoms with E-state index in [0.717, 1.165) is 0 Å². The largest absolute Gasteiger partial charge is 0.479 e. The van der Waals surface area contributed by atoms with Crippen LogP contribution in [0.2, 0.25) is 0 Å². The van der Waals surface area contributed by atoms with E-state index in [1.807, 2.05) is 0 Å². The van der Waals surface area contributed by atoms with Gasteiger partial charge in [-0.2, -0.15) is 0 Å². The lowest BCUT2D eigenvalue weighted by Crippen LogP contribution is -2.33. The summed E-state index contributed by atoms with van der Waals surface area (Å²) < 4.78 is 15.0. The van der Waals surface area contributed by atoms with Crippen molar-refractivity contribution < 1.29 is 28.7 Å². The molecule has 1 aromatic rings. The molecule has 0 spiro atoms. The van der Waals surface area contributed by atoms with Crippen LogP contribution in [0.25, 0.3) is 0 Å². The average molecular weight is 284 g/mol. The molecule has 1 saturated heterocycles. The maximum absolute atomic E-state index is 11.8. The van der Waals surface area contributed by atoms with Crippen molar-refractivity contribution in [1.82, 2.24) is 10.5 Å². The van der Waals surface area contributed by atoms with Gasteiger partial charge in [0.25, 0.3) is 5.91 Å². The van der Waals surface area contributed by atoms with Crippen LogP contribution in [0.5, 0.6) is 0 Å². The zero-order valence-electron chi connectivity index (χ0n) is 11.0. The second-order valence-electron chi connectivity index (χ2n) is 4.48. The molecule has 1 aliphatic rings. The number of carbonyl (C=O) groups is 2. The third-order valence-corrected chi connectivity index (χ3v) is 2.95. The van der Waals surface area contributed by atoms with Crippen LogP contribution in [0.3, 0.4) is 0 Å². The summed E-state index contributed by atoms with van der Waals surface area (Å²) in [5.41, 5.74) is 0.157. The number of nitrogens with zero attached hydrogens (tertiary/aromatic N) is 1. The quantitative estimate of drug-likeness (QED) is 0.766. The highest BCUT2D eigenvalue weighted by atomic mass is 16.5. The van der Waals surface area contributed by atoms with E-state index in [1.54, 1.807) is 0 Å². The van der Waals surface area contributed by atoms with Gasteiger partial charge < -0.3 is 24.4 Å². The molecule has 2 heterocycles. The number of aromatic nitrogens is 1. The first-order chi connectivity index (χ1) is 9.60. The molecule has 1 aromatic heterocycles. The Morgan fingerprint density at radius 1 is 1.55 bits per heavy atom. The summed E-state index contributed by atoms with van der Waals surface area (Å²) >= 11 is 0. The fourth-order valence-electron chi connectivity index (χ4n) is 1.96. The number of amides is 1. The molecule has 2 N–H and O–H groups in total. The number of carboxylic acids is 1. The predicted octanol–water partition coefficient (Wildman–Crippen LogP) is 0.183. The number of carboxylic acid groups (broad SMARTS) is 1. The number of rotatable bonds is 6. The summed E-state index contributed by atoms with van der Waals surface area (Å²) in [6.07, 6.45) is -0.00865. The van der Waals surface area contributed by atoms with Gasteiger partial charge in [0, 0.05) is 19.7 Å². The number of hydrogen-bond donors (Lipinski definition) is 2. The van der Waals surface area contributed by atoms with Crippen LogP contribution in [0, 0.1) is 0 Å². The first-order valence-electron chi connectivity index (χ1n) is 6.21. The Balaban J connectivity index is 1.79. The number of methoxy groups -OCH3 is 1. The van der Waals surface area contributed by atoms with E-state index in [9.17, 15) is 9.59 Å². The van der Waals surface area contributed by atoms with Crippen LogP contribution in [-0.4, -0.2) is 48.0 Å². The minimum absolute atomic E-state index is 0.157. The van der Waals surface area contributed by atoms with E-state index in [4.69, 9.17) is 19.1 Å². The minimum Gasteiger partial charge on any atom is -0.479 e. The Bertz CT molecular complexity index is 486. The third-order valence-electron chi connectivity index (χ3n) is 2.95. The highest BCUT2D eigenvalue weighted by Crippen LogP contribution is 2.19. The number of ether oxygens (including phenoxy) is 2. The molecular formula is C12H16N2O6. The highest BCUT2D eigenvalue weighted by Gasteiger charge is 2.30. The molecule has 0 radical (unpaired) electrons. The van der Waals surface area contributed by atoms with Gasteiger partial charge in [-0.25, -0.2) is 4.79 Å². The minimum atomic E-state index is -0.973. The van der Waals surface area contributed by atoms with Crippen LogP contribution in [0.15, 0.2) is 10.6 Å². The van der Waals surface area contributed by atoms with E-state index < -0.39 is 18.0 Å². The molecule has 20 heavy (non-hydrogen) atoms. The molecule has 0 aromatic carbocycles. The predicted molar refractivity (Wildman–Crippen MR) is 65.1 cm³/mol. The molecule has 0 aliphatic carbocycles. The van der Waals surface area contributed by atoms with E-state index in [-0.39, 0.29) is 24.9 Å². The number of aliphatic carboxylic acids is 1. The average Bonchev–Trinajstić information content (AvgIpc) is 3.05. The molecule has 2 rings (SSSR count). The van der Waals surface area contributed by atoms with Gasteiger partial charge in [0.05, 0.1) is 6.10 Å². The van der Waals surface area contributed by atoms with E-state index in [0.29, 0.717) is 18.6 Å². The first kappa shape index (κ1) is 14.5. The van der Waals surface area contributed by atoms with E-state index in [2.05, 4.69) is 10.5 Å². The van der Waals surface area contributed by atoms with Gasteiger partial charge in [0.2, 0.25) is 0 Å². The van der Waals surface area contributed by atoms with Crippen LogP contribution in [0.4, 0.5) is 0 Å². The van der Waals surface area contributed by atoms with Gasteiger partial charge in [0.15, 0.2) is 17.6 Å². The summed E-state index contributed by atoms with van der Waals surface area (Å²) in [6.45, 7) is 0.487. The zero-order chi connectivity index (χ0) is 14.5. The van der Waals surface area contributed by atoms with Crippen molar-refractivity contribution in [3.63, 3.8) is 0 Å². The molecule has 2 unspecified atom stereocenters. The Morgan fingerprint density at radius 2 is 2.35 bits per heavy atom. The highest BCUT2D eigenvalue weighted by molar-refractivity contribution is 5.92. The van der Waals surface area contributed by atoms with Gasteiger partial charge >= 0.3 is 5.97 Å². The lowest BCUT2D eigenvalue weighted by atomic mass is 10.2. The van der Waals surface area contributed by atoms with Crippen molar-refractivity contribution in [2.24, 2.45) is 0 Å². The van der Waals surface area contributed by atoms with Crippen molar-refractivity contribution in [3.05, 3.63) is 17.5 Å². The summed E-state index contributed by atoms with van der Waals surface area (Å²) in [6, 6.07) is 1.49. The number of hydrogen-bond acceptors (Lipinski definition) is 6. The topological polar surface area (TPSA) is 111 Å². The van der Waals surface area contributed by atoms with Crippen molar-refractivity contribution in [2.75, 3.05) is 13.7 Å². The van der Waals surface area contributed by atoms with Crippen molar-refractivity contribution in [1.29, 1.82) is 0 Å². The summed E-state index contributed by atoms with van der Waals surface area (Å²) in [7, 11) is 1.51. The van der Waals surface area contributed by atoms with Crippen LogP contribution < -0.4 is 5.32 Å². The Kier molecular flexibility index (Phi) is 4.70. The molecule has 8 heteroatoms. The van der Waals surface area contributed by atoms with Gasteiger partial charge in [-0.3, -0.25) is 4.79 Å². The fourth-order valence-corrected chi connectivity index (χ4v) is 1.96. The van der Waals surface area contributed by atoms with Crippen LogP contribution >= 0.6 is 0 Å². The van der Waals surface area contributed by atoms with Gasteiger partial charge in [0.1, 0.15) is 6.61 Å². The summed E-state index contributed by atoms with van der Waals surface area (Å²) in [4.78, 5) is 22.5. The fraction of sp³-hybridized carbons (Fsp3) is 0.583. The second-order valence-corrected chi connectivity index (χ2v) is 4.48. The van der Waals surface area contributed by atoms with Crippen LogP contribution in [-0.2, 0) is 20.9 Å². The normalized spacial score (nSPS) is 21.9. The lowest BCUT2D eigenvalue weighted by molar-refractivity contribution is -0.149. The SMILES string of the molecule is COCc1cc(C(=O)NCC2CCC(C(=O)O)O2)no1. The van der Waals surface area contributed by atoms with Gasteiger partial charge in [-0.15, -0.1) is 0 Å². The monoisotopic (exact) mass is 284 g/mol. The molecule has 1 fully saturated rings. The molecule has 8 nitrogen and oxygen atoms in total. The molecule has 0 bridgehead atoms. The summed E-state index contributed by atoms with van der Waals surface area (Å²) in [5, 5.41) is 15.0. The smallest absolute Gasteiger partial charge is 0.332 e. The standard InChI is InChI=1S/C12H16N2O6/c1-18-6-8-4-9(14-20-8)11(15)13-5-7-2-3-10(19-7)12(16)17/h4,7,10H,2-3,5-6H2,1H3,(H,13,15)(H,16,17). The zero-order valence-corrected chi connectivity index (χ0v) is 11.0.